The molecule has 24 heavy (non-hydrogen) atoms. The molecule has 0 amide bonds. The number of nitrogens with one attached hydrogen (secondary N) is 1. The molecule has 1 aliphatic heterocycles. The minimum atomic E-state index is 0.167. The number of aromatic nitrogens is 2. The summed E-state index contributed by atoms with van der Waals surface area (Å²) >= 11 is 0. The average Bonchev–Trinajstić information content (AvgIpc) is 2.56. The van der Waals surface area contributed by atoms with Gasteiger partial charge in [0.05, 0.1) is 19.3 Å². The summed E-state index contributed by atoms with van der Waals surface area (Å²) in [5, 5.41) is 3.27. The Bertz CT molecular complexity index is 667. The van der Waals surface area contributed by atoms with Crippen LogP contribution in [0.5, 0.6) is 5.75 Å². The molecule has 2 aromatic rings. The summed E-state index contributed by atoms with van der Waals surface area (Å²) < 4.78 is 11.1. The van der Waals surface area contributed by atoms with Crippen LogP contribution >= 0.6 is 0 Å². The van der Waals surface area contributed by atoms with Gasteiger partial charge >= 0.3 is 0 Å². The Kier molecular flexibility index (Phi) is 5.15. The fraction of sp³-hybridized carbons (Fsp3) is 0.444. The van der Waals surface area contributed by atoms with Gasteiger partial charge in [-0.1, -0.05) is 0 Å². The van der Waals surface area contributed by atoms with Crippen LogP contribution in [0, 0.1) is 6.92 Å². The van der Waals surface area contributed by atoms with E-state index in [1.165, 1.54) is 0 Å². The summed E-state index contributed by atoms with van der Waals surface area (Å²) in [6.45, 7) is 9.21. The SMILES string of the molecule is Cc1cc(N2CCOCC2)nc(Nc2ccc(OC(C)C)cc2)n1. The second-order valence-electron chi connectivity index (χ2n) is 6.11. The highest BCUT2D eigenvalue weighted by Gasteiger charge is 2.14. The summed E-state index contributed by atoms with van der Waals surface area (Å²) in [6, 6.07) is 9.84. The van der Waals surface area contributed by atoms with Gasteiger partial charge in [0.25, 0.3) is 0 Å². The molecule has 2 heterocycles. The smallest absolute Gasteiger partial charge is 0.229 e. The van der Waals surface area contributed by atoms with Gasteiger partial charge in [0, 0.05) is 30.5 Å². The third-order valence-electron chi connectivity index (χ3n) is 3.66. The molecule has 128 valence electrons. The summed E-state index contributed by atoms with van der Waals surface area (Å²) in [5.74, 6) is 2.40. The Morgan fingerprint density at radius 2 is 1.83 bits per heavy atom. The molecule has 1 aromatic carbocycles. The predicted octanol–water partition coefficient (Wildman–Crippen LogP) is 3.15. The van der Waals surface area contributed by atoms with E-state index >= 15 is 0 Å². The second kappa shape index (κ2) is 7.49. The van der Waals surface area contributed by atoms with Crippen molar-refractivity contribution in [3.63, 3.8) is 0 Å². The molecule has 0 atom stereocenters. The predicted molar refractivity (Wildman–Crippen MR) is 95.3 cm³/mol. The third kappa shape index (κ3) is 4.35. The topological polar surface area (TPSA) is 59.5 Å². The van der Waals surface area contributed by atoms with Crippen LogP contribution in [0.1, 0.15) is 19.5 Å². The van der Waals surface area contributed by atoms with E-state index in [2.05, 4.69) is 20.2 Å². The van der Waals surface area contributed by atoms with Gasteiger partial charge in [-0.15, -0.1) is 0 Å². The molecule has 0 aliphatic carbocycles. The molecular formula is C18H24N4O2. The van der Waals surface area contributed by atoms with Crippen LogP contribution in [0.15, 0.2) is 30.3 Å². The normalized spacial score (nSPS) is 14.8. The highest BCUT2D eigenvalue weighted by atomic mass is 16.5. The first-order valence-electron chi connectivity index (χ1n) is 8.32. The number of anilines is 3. The van der Waals surface area contributed by atoms with E-state index in [0.717, 1.165) is 49.3 Å². The van der Waals surface area contributed by atoms with Crippen LogP contribution in [-0.4, -0.2) is 42.4 Å². The van der Waals surface area contributed by atoms with Gasteiger partial charge in [0.15, 0.2) is 0 Å². The monoisotopic (exact) mass is 328 g/mol. The van der Waals surface area contributed by atoms with Gasteiger partial charge in [0.2, 0.25) is 5.95 Å². The first-order valence-corrected chi connectivity index (χ1v) is 8.32. The Morgan fingerprint density at radius 3 is 2.50 bits per heavy atom. The van der Waals surface area contributed by atoms with Gasteiger partial charge in [0.1, 0.15) is 11.6 Å². The molecule has 0 radical (unpaired) electrons. The fourth-order valence-electron chi connectivity index (χ4n) is 2.58. The number of hydrogen-bond donors (Lipinski definition) is 1. The lowest BCUT2D eigenvalue weighted by molar-refractivity contribution is 0.122. The second-order valence-corrected chi connectivity index (χ2v) is 6.11. The van der Waals surface area contributed by atoms with Crippen molar-refractivity contribution in [3.8, 4) is 5.75 Å². The zero-order valence-electron chi connectivity index (χ0n) is 14.5. The molecule has 0 spiro atoms. The van der Waals surface area contributed by atoms with E-state index in [-0.39, 0.29) is 6.10 Å². The summed E-state index contributed by atoms with van der Waals surface area (Å²) in [4.78, 5) is 11.3. The van der Waals surface area contributed by atoms with Crippen LogP contribution in [0.25, 0.3) is 0 Å². The highest BCUT2D eigenvalue weighted by Crippen LogP contribution is 2.21. The number of rotatable bonds is 5. The third-order valence-corrected chi connectivity index (χ3v) is 3.66. The number of ether oxygens (including phenoxy) is 2. The van der Waals surface area contributed by atoms with Crippen molar-refractivity contribution in [1.82, 2.24) is 9.97 Å². The number of nitrogens with zero attached hydrogens (tertiary/aromatic N) is 3. The average molecular weight is 328 g/mol. The van der Waals surface area contributed by atoms with E-state index in [1.54, 1.807) is 0 Å². The van der Waals surface area contributed by atoms with Crippen molar-refractivity contribution in [2.45, 2.75) is 26.9 Å². The molecule has 1 N–H and O–H groups in total. The zero-order chi connectivity index (χ0) is 16.9. The quantitative estimate of drug-likeness (QED) is 0.910. The molecule has 6 heteroatoms. The van der Waals surface area contributed by atoms with Crippen molar-refractivity contribution >= 4 is 17.5 Å². The van der Waals surface area contributed by atoms with Crippen LogP contribution in [-0.2, 0) is 4.74 Å². The molecule has 0 bridgehead atoms. The maximum absolute atomic E-state index is 5.66. The van der Waals surface area contributed by atoms with Crippen molar-refractivity contribution in [2.24, 2.45) is 0 Å². The standard InChI is InChI=1S/C18H24N4O2/c1-13(2)24-16-6-4-15(5-7-16)20-18-19-14(3)12-17(21-18)22-8-10-23-11-9-22/h4-7,12-13H,8-11H2,1-3H3,(H,19,20,21). The van der Waals surface area contributed by atoms with Crippen LogP contribution in [0.4, 0.5) is 17.5 Å². The molecule has 3 rings (SSSR count). The lowest BCUT2D eigenvalue weighted by Crippen LogP contribution is -2.36. The summed E-state index contributed by atoms with van der Waals surface area (Å²) in [6.07, 6.45) is 0.167. The van der Waals surface area contributed by atoms with Crippen molar-refractivity contribution < 1.29 is 9.47 Å². The maximum Gasteiger partial charge on any atom is 0.229 e. The molecule has 0 unspecified atom stereocenters. The van der Waals surface area contributed by atoms with E-state index in [0.29, 0.717) is 5.95 Å². The van der Waals surface area contributed by atoms with Gasteiger partial charge in [-0.05, 0) is 45.0 Å². The number of morpholine rings is 1. The van der Waals surface area contributed by atoms with E-state index in [9.17, 15) is 0 Å². The van der Waals surface area contributed by atoms with Gasteiger partial charge in [-0.2, -0.15) is 4.98 Å². The van der Waals surface area contributed by atoms with E-state index in [4.69, 9.17) is 9.47 Å². The maximum atomic E-state index is 5.66. The Balaban J connectivity index is 1.73. The Hall–Kier alpha value is -2.34. The Morgan fingerprint density at radius 1 is 1.12 bits per heavy atom. The summed E-state index contributed by atoms with van der Waals surface area (Å²) in [5.41, 5.74) is 1.87. The van der Waals surface area contributed by atoms with Crippen molar-refractivity contribution in [1.29, 1.82) is 0 Å². The zero-order valence-corrected chi connectivity index (χ0v) is 14.5. The minimum Gasteiger partial charge on any atom is -0.491 e. The molecule has 6 nitrogen and oxygen atoms in total. The molecule has 0 saturated carbocycles. The largest absolute Gasteiger partial charge is 0.491 e. The molecular weight excluding hydrogens is 304 g/mol. The first-order chi connectivity index (χ1) is 11.6. The van der Waals surface area contributed by atoms with Crippen LogP contribution in [0.2, 0.25) is 0 Å². The molecule has 1 aromatic heterocycles. The number of benzene rings is 1. The van der Waals surface area contributed by atoms with Gasteiger partial charge in [-0.25, -0.2) is 4.98 Å². The lowest BCUT2D eigenvalue weighted by Gasteiger charge is -2.28. The van der Waals surface area contributed by atoms with E-state index < -0.39 is 0 Å². The fourth-order valence-corrected chi connectivity index (χ4v) is 2.58. The lowest BCUT2D eigenvalue weighted by atomic mass is 10.3. The van der Waals surface area contributed by atoms with Crippen molar-refractivity contribution in [2.75, 3.05) is 36.5 Å². The minimum absolute atomic E-state index is 0.167. The molecule has 1 fully saturated rings. The molecule has 1 saturated heterocycles. The first kappa shape index (κ1) is 16.5. The highest BCUT2D eigenvalue weighted by molar-refractivity contribution is 5.56. The molecule has 1 aliphatic rings. The number of hydrogen-bond acceptors (Lipinski definition) is 6. The van der Waals surface area contributed by atoms with Gasteiger partial charge in [-0.3, -0.25) is 0 Å². The van der Waals surface area contributed by atoms with Gasteiger partial charge < -0.3 is 19.7 Å². The van der Waals surface area contributed by atoms with Crippen LogP contribution < -0.4 is 15.0 Å². The van der Waals surface area contributed by atoms with Crippen molar-refractivity contribution in [3.05, 3.63) is 36.0 Å². The van der Waals surface area contributed by atoms with Crippen LogP contribution in [0.3, 0.4) is 0 Å². The Labute approximate surface area is 142 Å². The number of aryl methyl sites for hydroxylation is 1. The van der Waals surface area contributed by atoms with E-state index in [1.807, 2.05) is 51.1 Å². The summed E-state index contributed by atoms with van der Waals surface area (Å²) in [7, 11) is 0.